The minimum absolute atomic E-state index is 0.0337. The van der Waals surface area contributed by atoms with Gasteiger partial charge in [-0.05, 0) is 37.5 Å². The van der Waals surface area contributed by atoms with E-state index in [9.17, 15) is 17.9 Å². The predicted molar refractivity (Wildman–Crippen MR) is 69.7 cm³/mol. The van der Waals surface area contributed by atoms with Crippen LogP contribution in [0.15, 0.2) is 23.1 Å². The first-order valence-corrected chi connectivity index (χ1v) is 7.57. The monoisotopic (exact) mass is 287 g/mol. The highest BCUT2D eigenvalue weighted by Crippen LogP contribution is 2.31. The largest absolute Gasteiger partial charge is 0.388 e. The van der Waals surface area contributed by atoms with E-state index in [1.54, 1.807) is 20.8 Å². The molecule has 106 valence electrons. The van der Waals surface area contributed by atoms with Gasteiger partial charge in [-0.15, -0.1) is 0 Å². The number of hydrogen-bond donors (Lipinski definition) is 1. The van der Waals surface area contributed by atoms with E-state index in [4.69, 9.17) is 0 Å². The summed E-state index contributed by atoms with van der Waals surface area (Å²) in [6.07, 6.45) is 0. The van der Waals surface area contributed by atoms with Gasteiger partial charge in [0.1, 0.15) is 5.82 Å². The van der Waals surface area contributed by atoms with Gasteiger partial charge in [-0.3, -0.25) is 0 Å². The van der Waals surface area contributed by atoms with Gasteiger partial charge in [0.25, 0.3) is 0 Å². The second-order valence-corrected chi connectivity index (χ2v) is 7.40. The number of β-amino-alcohol motifs (C(OH)–C–C–N with tert-alkyl or cyclic N) is 1. The molecule has 2 rings (SSSR count). The van der Waals surface area contributed by atoms with Crippen LogP contribution in [-0.4, -0.2) is 36.5 Å². The molecule has 0 aromatic heterocycles. The molecule has 1 aromatic carbocycles. The number of benzene rings is 1. The Morgan fingerprint density at radius 1 is 1.47 bits per heavy atom. The Balaban J connectivity index is 2.36. The number of nitrogens with zero attached hydrogens (tertiary/aromatic N) is 1. The molecule has 1 aliphatic heterocycles. The lowest BCUT2D eigenvalue weighted by atomic mass is 9.95. The minimum Gasteiger partial charge on any atom is -0.388 e. The highest BCUT2D eigenvalue weighted by Gasteiger charge is 2.43. The first kappa shape index (κ1) is 14.4. The van der Waals surface area contributed by atoms with E-state index in [2.05, 4.69) is 0 Å². The van der Waals surface area contributed by atoms with Gasteiger partial charge in [-0.25, -0.2) is 12.8 Å². The predicted octanol–water partition coefficient (Wildman–Crippen LogP) is 1.53. The van der Waals surface area contributed by atoms with Crippen LogP contribution in [0, 0.1) is 18.7 Å². The lowest BCUT2D eigenvalue weighted by Crippen LogP contribution is -2.35. The van der Waals surface area contributed by atoms with Crippen LogP contribution in [0.25, 0.3) is 0 Å². The van der Waals surface area contributed by atoms with Gasteiger partial charge in [0.2, 0.25) is 10.0 Å². The van der Waals surface area contributed by atoms with E-state index in [-0.39, 0.29) is 23.9 Å². The number of rotatable bonds is 2. The van der Waals surface area contributed by atoms with E-state index in [1.165, 1.54) is 16.4 Å². The number of halogens is 1. The maximum absolute atomic E-state index is 13.5. The van der Waals surface area contributed by atoms with Gasteiger partial charge >= 0.3 is 0 Å². The third kappa shape index (κ3) is 2.52. The van der Waals surface area contributed by atoms with E-state index >= 15 is 0 Å². The maximum Gasteiger partial charge on any atom is 0.243 e. The minimum atomic E-state index is -3.75. The highest BCUT2D eigenvalue weighted by atomic mass is 32.2. The summed E-state index contributed by atoms with van der Waals surface area (Å²) >= 11 is 0. The summed E-state index contributed by atoms with van der Waals surface area (Å²) in [4.78, 5) is -0.0690. The van der Waals surface area contributed by atoms with Crippen molar-refractivity contribution in [3.63, 3.8) is 0 Å². The molecular weight excluding hydrogens is 269 g/mol. The number of hydrogen-bond acceptors (Lipinski definition) is 3. The number of aliphatic hydroxyl groups is 1. The molecular formula is C13H18FNO3S. The summed E-state index contributed by atoms with van der Waals surface area (Å²) in [5, 5.41) is 10.1. The van der Waals surface area contributed by atoms with Crippen LogP contribution >= 0.6 is 0 Å². The molecule has 19 heavy (non-hydrogen) atoms. The first-order chi connectivity index (χ1) is 8.64. The van der Waals surface area contributed by atoms with Gasteiger partial charge in [-0.1, -0.05) is 13.0 Å². The molecule has 0 unspecified atom stereocenters. The van der Waals surface area contributed by atoms with Crippen LogP contribution < -0.4 is 0 Å². The Morgan fingerprint density at radius 3 is 2.58 bits per heavy atom. The molecule has 0 spiro atoms. The van der Waals surface area contributed by atoms with E-state index < -0.39 is 21.4 Å². The number of aryl methyl sites for hydroxylation is 1. The van der Waals surface area contributed by atoms with Crippen molar-refractivity contribution in [2.24, 2.45) is 5.92 Å². The summed E-state index contributed by atoms with van der Waals surface area (Å²) in [5.41, 5.74) is -0.642. The van der Waals surface area contributed by atoms with Crippen molar-refractivity contribution >= 4 is 10.0 Å². The van der Waals surface area contributed by atoms with Gasteiger partial charge in [0, 0.05) is 13.1 Å². The average Bonchev–Trinajstić information content (AvgIpc) is 2.58. The van der Waals surface area contributed by atoms with E-state index in [0.717, 1.165) is 6.07 Å². The lowest BCUT2D eigenvalue weighted by Gasteiger charge is -2.20. The maximum atomic E-state index is 13.5. The Labute approximate surface area is 112 Å². The molecule has 1 aromatic rings. The third-order valence-electron chi connectivity index (χ3n) is 3.82. The van der Waals surface area contributed by atoms with E-state index in [1.807, 2.05) is 0 Å². The molecule has 4 nitrogen and oxygen atoms in total. The van der Waals surface area contributed by atoms with Crippen LogP contribution in [0.5, 0.6) is 0 Å². The molecule has 0 bridgehead atoms. The smallest absolute Gasteiger partial charge is 0.243 e. The quantitative estimate of drug-likeness (QED) is 0.897. The third-order valence-corrected chi connectivity index (χ3v) is 5.62. The normalized spacial score (nSPS) is 28.8. The molecule has 1 fully saturated rings. The summed E-state index contributed by atoms with van der Waals surface area (Å²) in [7, 11) is -3.75. The number of sulfonamides is 1. The molecule has 1 N–H and O–H groups in total. The summed E-state index contributed by atoms with van der Waals surface area (Å²) in [6.45, 7) is 5.26. The van der Waals surface area contributed by atoms with Crippen molar-refractivity contribution in [1.29, 1.82) is 0 Å². The van der Waals surface area contributed by atoms with Crippen molar-refractivity contribution in [1.82, 2.24) is 4.31 Å². The summed E-state index contributed by atoms with van der Waals surface area (Å²) in [6, 6.07) is 3.87. The Morgan fingerprint density at radius 2 is 2.11 bits per heavy atom. The van der Waals surface area contributed by atoms with Gasteiger partial charge in [-0.2, -0.15) is 4.31 Å². The van der Waals surface area contributed by atoms with Crippen LogP contribution in [-0.2, 0) is 10.0 Å². The van der Waals surface area contributed by atoms with Gasteiger partial charge in [0.05, 0.1) is 10.5 Å². The fourth-order valence-electron chi connectivity index (χ4n) is 2.15. The highest BCUT2D eigenvalue weighted by molar-refractivity contribution is 7.89. The second kappa shape index (κ2) is 4.54. The van der Waals surface area contributed by atoms with E-state index in [0.29, 0.717) is 5.56 Å². The van der Waals surface area contributed by atoms with Crippen molar-refractivity contribution in [3.8, 4) is 0 Å². The van der Waals surface area contributed by atoms with Crippen LogP contribution in [0.1, 0.15) is 19.4 Å². The standard InChI is InChI=1S/C13H18FNO3S/c1-9-4-5-11(6-12(9)14)19(17,18)15-7-10(2)13(3,16)8-15/h4-6,10,16H,7-8H2,1-3H3/t10-,13+/m0/s1. The molecule has 0 aliphatic carbocycles. The Bertz CT molecular complexity index is 598. The van der Waals surface area contributed by atoms with Crippen LogP contribution in [0.3, 0.4) is 0 Å². The van der Waals surface area contributed by atoms with Crippen molar-refractivity contribution in [2.75, 3.05) is 13.1 Å². The lowest BCUT2D eigenvalue weighted by molar-refractivity contribution is 0.0404. The van der Waals surface area contributed by atoms with Crippen molar-refractivity contribution in [2.45, 2.75) is 31.3 Å². The molecule has 0 saturated carbocycles. The fourth-order valence-corrected chi connectivity index (χ4v) is 3.79. The molecule has 1 saturated heterocycles. The van der Waals surface area contributed by atoms with Gasteiger partial charge in [0.15, 0.2) is 0 Å². The topological polar surface area (TPSA) is 57.6 Å². The Kier molecular flexibility index (Phi) is 3.45. The summed E-state index contributed by atoms with van der Waals surface area (Å²) < 4.78 is 39.5. The molecule has 6 heteroatoms. The molecule has 0 radical (unpaired) electrons. The van der Waals surface area contributed by atoms with Crippen molar-refractivity contribution in [3.05, 3.63) is 29.6 Å². The first-order valence-electron chi connectivity index (χ1n) is 6.13. The second-order valence-electron chi connectivity index (χ2n) is 5.47. The summed E-state index contributed by atoms with van der Waals surface area (Å²) in [5.74, 6) is -0.697. The fraction of sp³-hybridized carbons (Fsp3) is 0.538. The zero-order chi connectivity index (χ0) is 14.4. The SMILES string of the molecule is Cc1ccc(S(=O)(=O)N2C[C@H](C)[C@](C)(O)C2)cc1F. The Hall–Kier alpha value is -0.980. The molecule has 1 heterocycles. The van der Waals surface area contributed by atoms with Crippen LogP contribution in [0.2, 0.25) is 0 Å². The zero-order valence-corrected chi connectivity index (χ0v) is 12.0. The average molecular weight is 287 g/mol. The van der Waals surface area contributed by atoms with Crippen LogP contribution in [0.4, 0.5) is 4.39 Å². The van der Waals surface area contributed by atoms with Crippen molar-refractivity contribution < 1.29 is 17.9 Å². The zero-order valence-electron chi connectivity index (χ0n) is 11.2. The molecule has 0 amide bonds. The van der Waals surface area contributed by atoms with Gasteiger partial charge < -0.3 is 5.11 Å². The molecule has 2 atom stereocenters. The molecule has 1 aliphatic rings.